The Morgan fingerprint density at radius 3 is 2.24 bits per heavy atom. The minimum absolute atomic E-state index is 0.290. The number of hydrogen-bond donors (Lipinski definition) is 1. The van der Waals surface area contributed by atoms with Crippen LogP contribution in [-0.2, 0) is 6.54 Å². The van der Waals surface area contributed by atoms with Gasteiger partial charge in [-0.2, -0.15) is 0 Å². The van der Waals surface area contributed by atoms with Crippen LogP contribution < -0.4 is 5.73 Å². The highest BCUT2D eigenvalue weighted by molar-refractivity contribution is 7.09. The zero-order valence-electron chi connectivity index (χ0n) is 13.3. The molecule has 21 heavy (non-hydrogen) atoms. The first-order valence-electron chi connectivity index (χ1n) is 7.72. The molecule has 0 bridgehead atoms. The van der Waals surface area contributed by atoms with Crippen LogP contribution in [0, 0.1) is 0 Å². The van der Waals surface area contributed by atoms with E-state index >= 15 is 0 Å². The van der Waals surface area contributed by atoms with Gasteiger partial charge < -0.3 is 5.73 Å². The fourth-order valence-corrected chi connectivity index (χ4v) is 3.37. The van der Waals surface area contributed by atoms with Gasteiger partial charge in [0, 0.05) is 24.0 Å². The highest BCUT2D eigenvalue weighted by Gasteiger charge is 2.18. The van der Waals surface area contributed by atoms with Gasteiger partial charge in [-0.25, -0.2) is 0 Å². The molecule has 2 rings (SSSR count). The van der Waals surface area contributed by atoms with Crippen LogP contribution in [0.5, 0.6) is 0 Å². The monoisotopic (exact) mass is 302 g/mol. The van der Waals surface area contributed by atoms with E-state index < -0.39 is 0 Å². The van der Waals surface area contributed by atoms with Crippen LogP contribution in [0.3, 0.4) is 0 Å². The maximum absolute atomic E-state index is 6.07. The van der Waals surface area contributed by atoms with Gasteiger partial charge >= 0.3 is 0 Å². The number of benzene rings is 1. The van der Waals surface area contributed by atoms with Gasteiger partial charge in [-0.3, -0.25) is 4.90 Å². The first kappa shape index (κ1) is 16.2. The molecule has 3 heteroatoms. The summed E-state index contributed by atoms with van der Waals surface area (Å²) in [4.78, 5) is 3.85. The Kier molecular flexibility index (Phi) is 5.97. The number of nitrogens with two attached hydrogens (primary N) is 1. The van der Waals surface area contributed by atoms with Crippen LogP contribution >= 0.6 is 11.3 Å². The number of thiophene rings is 1. The minimum atomic E-state index is 0.290. The second kappa shape index (κ2) is 7.74. The van der Waals surface area contributed by atoms with Crippen molar-refractivity contribution in [2.24, 2.45) is 5.73 Å². The van der Waals surface area contributed by atoms with Crippen LogP contribution in [0.15, 0.2) is 41.8 Å². The molecule has 0 aliphatic heterocycles. The van der Waals surface area contributed by atoms with Gasteiger partial charge in [0.15, 0.2) is 0 Å². The molecule has 2 aromatic rings. The molecule has 1 unspecified atom stereocenters. The van der Waals surface area contributed by atoms with E-state index in [1.54, 1.807) is 0 Å². The molecule has 1 heterocycles. The number of nitrogens with zero attached hydrogens (tertiary/aromatic N) is 1. The Balaban J connectivity index is 2.16. The SMILES string of the molecule is CCN(Cc1cccs1)C(CN)c1ccc(C(C)C)cc1. The predicted molar refractivity (Wildman–Crippen MR) is 92.7 cm³/mol. The minimum Gasteiger partial charge on any atom is -0.329 e. The van der Waals surface area contributed by atoms with Gasteiger partial charge in [-0.1, -0.05) is 51.1 Å². The van der Waals surface area contributed by atoms with E-state index in [4.69, 9.17) is 5.73 Å². The van der Waals surface area contributed by atoms with E-state index in [9.17, 15) is 0 Å². The molecule has 0 saturated heterocycles. The molecule has 1 aromatic carbocycles. The summed E-state index contributed by atoms with van der Waals surface area (Å²) < 4.78 is 0. The Bertz CT molecular complexity index is 517. The van der Waals surface area contributed by atoms with Gasteiger partial charge in [-0.05, 0) is 35.0 Å². The van der Waals surface area contributed by atoms with Gasteiger partial charge in [0.2, 0.25) is 0 Å². The molecule has 0 aliphatic carbocycles. The molecule has 0 radical (unpaired) electrons. The molecule has 114 valence electrons. The number of rotatable bonds is 7. The summed E-state index contributed by atoms with van der Waals surface area (Å²) in [6, 6.07) is 13.6. The van der Waals surface area contributed by atoms with E-state index in [-0.39, 0.29) is 0 Å². The average Bonchev–Trinajstić information content (AvgIpc) is 3.00. The van der Waals surface area contributed by atoms with Gasteiger partial charge in [0.25, 0.3) is 0 Å². The molecule has 0 spiro atoms. The van der Waals surface area contributed by atoms with E-state index in [0.29, 0.717) is 18.5 Å². The van der Waals surface area contributed by atoms with E-state index in [1.807, 2.05) is 11.3 Å². The fourth-order valence-electron chi connectivity index (χ4n) is 2.64. The summed E-state index contributed by atoms with van der Waals surface area (Å²) in [5.74, 6) is 0.573. The van der Waals surface area contributed by atoms with Crippen LogP contribution in [0.4, 0.5) is 0 Å². The van der Waals surface area contributed by atoms with Crippen molar-refractivity contribution in [1.82, 2.24) is 4.90 Å². The molecule has 1 atom stereocenters. The van der Waals surface area contributed by atoms with E-state index in [0.717, 1.165) is 13.1 Å². The highest BCUT2D eigenvalue weighted by atomic mass is 32.1. The summed E-state index contributed by atoms with van der Waals surface area (Å²) in [6.45, 7) is 9.29. The lowest BCUT2D eigenvalue weighted by atomic mass is 9.98. The van der Waals surface area contributed by atoms with Crippen molar-refractivity contribution in [3.8, 4) is 0 Å². The van der Waals surface area contributed by atoms with Crippen molar-refractivity contribution in [3.05, 3.63) is 57.8 Å². The maximum Gasteiger partial charge on any atom is 0.0474 e. The lowest BCUT2D eigenvalue weighted by Gasteiger charge is -2.30. The van der Waals surface area contributed by atoms with Crippen molar-refractivity contribution in [1.29, 1.82) is 0 Å². The van der Waals surface area contributed by atoms with Gasteiger partial charge in [0.1, 0.15) is 0 Å². The largest absolute Gasteiger partial charge is 0.329 e. The molecule has 0 amide bonds. The fraction of sp³-hybridized carbons (Fsp3) is 0.444. The molecule has 2 N–H and O–H groups in total. The lowest BCUT2D eigenvalue weighted by Crippen LogP contribution is -2.33. The standard InChI is InChI=1S/C18H26N2S/c1-4-20(13-17-6-5-11-21-17)18(12-19)16-9-7-15(8-10-16)14(2)3/h5-11,14,18H,4,12-13,19H2,1-3H3. The van der Waals surface area contributed by atoms with Crippen molar-refractivity contribution in [2.75, 3.05) is 13.1 Å². The van der Waals surface area contributed by atoms with Crippen molar-refractivity contribution in [3.63, 3.8) is 0 Å². The van der Waals surface area contributed by atoms with Crippen LogP contribution in [-0.4, -0.2) is 18.0 Å². The smallest absolute Gasteiger partial charge is 0.0474 e. The van der Waals surface area contributed by atoms with Crippen molar-refractivity contribution >= 4 is 11.3 Å². The van der Waals surface area contributed by atoms with Crippen LogP contribution in [0.2, 0.25) is 0 Å². The third-order valence-corrected chi connectivity index (χ3v) is 4.86. The Hall–Kier alpha value is -1.16. The first-order chi connectivity index (χ1) is 10.2. The molecule has 0 fully saturated rings. The Morgan fingerprint density at radius 2 is 1.76 bits per heavy atom. The van der Waals surface area contributed by atoms with E-state index in [2.05, 4.69) is 67.4 Å². The zero-order chi connectivity index (χ0) is 15.2. The second-order valence-electron chi connectivity index (χ2n) is 5.72. The maximum atomic E-state index is 6.07. The topological polar surface area (TPSA) is 29.3 Å². The van der Waals surface area contributed by atoms with Crippen LogP contribution in [0.1, 0.15) is 48.7 Å². The van der Waals surface area contributed by atoms with Crippen LogP contribution in [0.25, 0.3) is 0 Å². The average molecular weight is 302 g/mol. The summed E-state index contributed by atoms with van der Waals surface area (Å²) in [5.41, 5.74) is 8.77. The second-order valence-corrected chi connectivity index (χ2v) is 6.75. The number of likely N-dealkylation sites (N-methyl/N-ethyl adjacent to an activating group) is 1. The summed E-state index contributed by atoms with van der Waals surface area (Å²) in [5, 5.41) is 2.14. The zero-order valence-corrected chi connectivity index (χ0v) is 14.1. The molecule has 1 aromatic heterocycles. The summed E-state index contributed by atoms with van der Waals surface area (Å²) in [6.07, 6.45) is 0. The number of hydrogen-bond acceptors (Lipinski definition) is 3. The molecule has 0 aliphatic rings. The predicted octanol–water partition coefficient (Wildman–Crippen LogP) is 4.39. The van der Waals surface area contributed by atoms with E-state index in [1.165, 1.54) is 16.0 Å². The third-order valence-electron chi connectivity index (χ3n) is 4.00. The van der Waals surface area contributed by atoms with Gasteiger partial charge in [-0.15, -0.1) is 11.3 Å². The molecular formula is C18H26N2S. The molecule has 2 nitrogen and oxygen atoms in total. The highest BCUT2D eigenvalue weighted by Crippen LogP contribution is 2.25. The summed E-state index contributed by atoms with van der Waals surface area (Å²) >= 11 is 1.81. The Labute approximate surface area is 132 Å². The van der Waals surface area contributed by atoms with Crippen molar-refractivity contribution < 1.29 is 0 Å². The Morgan fingerprint density at radius 1 is 1.10 bits per heavy atom. The normalized spacial score (nSPS) is 13.0. The summed E-state index contributed by atoms with van der Waals surface area (Å²) in [7, 11) is 0. The molecular weight excluding hydrogens is 276 g/mol. The molecule has 0 saturated carbocycles. The quantitative estimate of drug-likeness (QED) is 0.821. The third kappa shape index (κ3) is 4.16. The van der Waals surface area contributed by atoms with Crippen molar-refractivity contribution in [2.45, 2.75) is 39.3 Å². The van der Waals surface area contributed by atoms with Gasteiger partial charge in [0.05, 0.1) is 0 Å². The first-order valence-corrected chi connectivity index (χ1v) is 8.60. The lowest BCUT2D eigenvalue weighted by molar-refractivity contribution is 0.205.